The number of hydrogen-bond donors (Lipinski definition) is 0. The van der Waals surface area contributed by atoms with Gasteiger partial charge in [-0.3, -0.25) is 4.79 Å². The predicted molar refractivity (Wildman–Crippen MR) is 86.4 cm³/mol. The summed E-state index contributed by atoms with van der Waals surface area (Å²) in [7, 11) is 0. The van der Waals surface area contributed by atoms with Crippen LogP contribution in [0.5, 0.6) is 0 Å². The highest BCUT2D eigenvalue weighted by atomic mass is 35.5. The zero-order valence-electron chi connectivity index (χ0n) is 13.3. The summed E-state index contributed by atoms with van der Waals surface area (Å²) in [5.74, 6) is -0.0361. The van der Waals surface area contributed by atoms with Gasteiger partial charge in [0, 0.05) is 24.6 Å². The molecule has 0 aliphatic carbocycles. The van der Waals surface area contributed by atoms with Crippen molar-refractivity contribution < 1.29 is 14.3 Å². The van der Waals surface area contributed by atoms with Gasteiger partial charge in [-0.15, -0.1) is 0 Å². The van der Waals surface area contributed by atoms with E-state index in [2.05, 4.69) is 0 Å². The van der Waals surface area contributed by atoms with Gasteiger partial charge in [-0.2, -0.15) is 0 Å². The van der Waals surface area contributed by atoms with Gasteiger partial charge in [-0.05, 0) is 45.7 Å². The Labute approximate surface area is 136 Å². The molecule has 1 aromatic carbocycles. The van der Waals surface area contributed by atoms with Crippen molar-refractivity contribution in [2.75, 3.05) is 6.54 Å². The topological polar surface area (TPSA) is 46.6 Å². The van der Waals surface area contributed by atoms with E-state index in [9.17, 15) is 9.59 Å². The Hall–Kier alpha value is -1.55. The van der Waals surface area contributed by atoms with E-state index in [1.165, 1.54) is 0 Å². The number of halogens is 1. The van der Waals surface area contributed by atoms with E-state index < -0.39 is 5.60 Å². The third-order valence-electron chi connectivity index (χ3n) is 3.60. The minimum Gasteiger partial charge on any atom is -0.444 e. The van der Waals surface area contributed by atoms with Crippen molar-refractivity contribution in [3.63, 3.8) is 0 Å². The van der Waals surface area contributed by atoms with Crippen LogP contribution in [0, 0.1) is 0 Å². The molecule has 1 unspecified atom stereocenters. The molecule has 22 heavy (non-hydrogen) atoms. The molecular formula is C17H22ClNO3. The molecule has 1 fully saturated rings. The number of ether oxygens (including phenoxy) is 1. The van der Waals surface area contributed by atoms with E-state index in [1.807, 2.05) is 20.8 Å². The van der Waals surface area contributed by atoms with Crippen LogP contribution in [0.2, 0.25) is 5.02 Å². The Morgan fingerprint density at radius 2 is 2.00 bits per heavy atom. The molecule has 0 spiro atoms. The maximum atomic E-state index is 12.4. The van der Waals surface area contributed by atoms with Gasteiger partial charge in [0.2, 0.25) is 0 Å². The normalized spacial score (nSPS) is 18.4. The fraction of sp³-hybridized carbons (Fsp3) is 0.529. The monoisotopic (exact) mass is 323 g/mol. The summed E-state index contributed by atoms with van der Waals surface area (Å²) in [5.41, 5.74) is -0.0167. The summed E-state index contributed by atoms with van der Waals surface area (Å²) < 4.78 is 5.41. The molecule has 5 heteroatoms. The number of Topliss-reactive ketones (excluding diaryl/α,β-unsaturated/α-hetero) is 1. The first-order valence-corrected chi connectivity index (χ1v) is 7.93. The van der Waals surface area contributed by atoms with E-state index >= 15 is 0 Å². The van der Waals surface area contributed by atoms with Gasteiger partial charge in [0.05, 0.1) is 5.02 Å². The molecule has 1 saturated heterocycles. The number of hydrogen-bond acceptors (Lipinski definition) is 3. The van der Waals surface area contributed by atoms with Gasteiger partial charge >= 0.3 is 6.09 Å². The van der Waals surface area contributed by atoms with Crippen molar-refractivity contribution in [2.24, 2.45) is 0 Å². The van der Waals surface area contributed by atoms with E-state index in [0.29, 0.717) is 17.1 Å². The fourth-order valence-electron chi connectivity index (χ4n) is 2.62. The van der Waals surface area contributed by atoms with Gasteiger partial charge in [0.15, 0.2) is 5.78 Å². The Morgan fingerprint density at radius 1 is 1.32 bits per heavy atom. The van der Waals surface area contributed by atoms with Crippen LogP contribution >= 0.6 is 11.6 Å². The van der Waals surface area contributed by atoms with Gasteiger partial charge in [-0.25, -0.2) is 4.79 Å². The molecule has 0 N–H and O–H groups in total. The first kappa shape index (κ1) is 16.8. The molecule has 1 amide bonds. The quantitative estimate of drug-likeness (QED) is 0.778. The summed E-state index contributed by atoms with van der Waals surface area (Å²) in [6.07, 6.45) is 1.64. The number of nitrogens with zero attached hydrogens (tertiary/aromatic N) is 1. The van der Waals surface area contributed by atoms with Crippen molar-refractivity contribution in [3.05, 3.63) is 34.9 Å². The second-order valence-electron chi connectivity index (χ2n) is 6.58. The minimum absolute atomic E-state index is 0.0361. The number of amides is 1. The molecule has 1 aromatic rings. The SMILES string of the molecule is CC(C)(C)OC(=O)N1CCCC1CC(=O)c1ccccc1Cl. The second kappa shape index (κ2) is 6.69. The van der Waals surface area contributed by atoms with Gasteiger partial charge < -0.3 is 9.64 Å². The molecular weight excluding hydrogens is 302 g/mol. The summed E-state index contributed by atoms with van der Waals surface area (Å²) >= 11 is 6.06. The average Bonchev–Trinajstić information content (AvgIpc) is 2.85. The molecule has 0 bridgehead atoms. The lowest BCUT2D eigenvalue weighted by atomic mass is 10.0. The molecule has 0 radical (unpaired) electrons. The van der Waals surface area contributed by atoms with E-state index in [1.54, 1.807) is 29.2 Å². The first-order chi connectivity index (χ1) is 10.3. The van der Waals surface area contributed by atoms with Crippen LogP contribution in [0.25, 0.3) is 0 Å². The Kier molecular flexibility index (Phi) is 5.12. The Bertz CT molecular complexity index is 565. The third-order valence-corrected chi connectivity index (χ3v) is 3.93. The zero-order valence-corrected chi connectivity index (χ0v) is 14.0. The van der Waals surface area contributed by atoms with E-state index in [4.69, 9.17) is 16.3 Å². The first-order valence-electron chi connectivity index (χ1n) is 7.55. The standard InChI is InChI=1S/C17H22ClNO3/c1-17(2,3)22-16(21)19-10-6-7-12(19)11-15(20)13-8-4-5-9-14(13)18/h4-5,8-9,12H,6-7,10-11H2,1-3H3. The summed E-state index contributed by atoms with van der Waals surface area (Å²) in [6, 6.07) is 6.90. The molecule has 2 rings (SSSR count). The van der Waals surface area contributed by atoms with Gasteiger partial charge in [-0.1, -0.05) is 23.7 Å². The molecule has 0 saturated carbocycles. The Balaban J connectivity index is 2.04. The molecule has 1 aliphatic heterocycles. The third kappa shape index (κ3) is 4.23. The number of likely N-dealkylation sites (tertiary alicyclic amines) is 1. The van der Waals surface area contributed by atoms with Crippen LogP contribution < -0.4 is 0 Å². The van der Waals surface area contributed by atoms with Crippen LogP contribution in [0.15, 0.2) is 24.3 Å². The lowest BCUT2D eigenvalue weighted by Gasteiger charge is -2.28. The molecule has 1 aliphatic rings. The second-order valence-corrected chi connectivity index (χ2v) is 6.98. The average molecular weight is 324 g/mol. The van der Waals surface area contributed by atoms with Crippen LogP contribution in [0.4, 0.5) is 4.79 Å². The van der Waals surface area contributed by atoms with E-state index in [-0.39, 0.29) is 24.3 Å². The molecule has 1 atom stereocenters. The molecule has 4 nitrogen and oxygen atoms in total. The van der Waals surface area contributed by atoms with Crippen LogP contribution in [-0.4, -0.2) is 35.0 Å². The lowest BCUT2D eigenvalue weighted by Crippen LogP contribution is -2.40. The zero-order chi connectivity index (χ0) is 16.3. The molecule has 1 heterocycles. The number of carbonyl (C=O) groups excluding carboxylic acids is 2. The van der Waals surface area contributed by atoms with Crippen molar-refractivity contribution in [1.82, 2.24) is 4.90 Å². The minimum atomic E-state index is -0.531. The lowest BCUT2D eigenvalue weighted by molar-refractivity contribution is 0.0223. The highest BCUT2D eigenvalue weighted by Gasteiger charge is 2.33. The maximum absolute atomic E-state index is 12.4. The van der Waals surface area contributed by atoms with E-state index in [0.717, 1.165) is 12.8 Å². The number of carbonyl (C=O) groups is 2. The van der Waals surface area contributed by atoms with Crippen molar-refractivity contribution in [2.45, 2.75) is 51.7 Å². The fourth-order valence-corrected chi connectivity index (χ4v) is 2.86. The number of benzene rings is 1. The maximum Gasteiger partial charge on any atom is 0.410 e. The largest absolute Gasteiger partial charge is 0.444 e. The van der Waals surface area contributed by atoms with Crippen molar-refractivity contribution >= 4 is 23.5 Å². The molecule has 0 aromatic heterocycles. The smallest absolute Gasteiger partial charge is 0.410 e. The van der Waals surface area contributed by atoms with Crippen LogP contribution in [-0.2, 0) is 4.74 Å². The van der Waals surface area contributed by atoms with Crippen LogP contribution in [0.1, 0.15) is 50.4 Å². The highest BCUT2D eigenvalue weighted by Crippen LogP contribution is 2.26. The number of rotatable bonds is 3. The summed E-state index contributed by atoms with van der Waals surface area (Å²) in [6.45, 7) is 6.15. The number of ketones is 1. The van der Waals surface area contributed by atoms with Crippen molar-refractivity contribution in [3.8, 4) is 0 Å². The predicted octanol–water partition coefficient (Wildman–Crippen LogP) is 4.31. The van der Waals surface area contributed by atoms with Crippen LogP contribution in [0.3, 0.4) is 0 Å². The summed E-state index contributed by atoms with van der Waals surface area (Å²) in [5, 5.41) is 0.453. The Morgan fingerprint density at radius 3 is 2.64 bits per heavy atom. The summed E-state index contributed by atoms with van der Waals surface area (Å²) in [4.78, 5) is 26.3. The van der Waals surface area contributed by atoms with Gasteiger partial charge in [0.25, 0.3) is 0 Å². The van der Waals surface area contributed by atoms with Gasteiger partial charge in [0.1, 0.15) is 5.60 Å². The van der Waals surface area contributed by atoms with Crippen molar-refractivity contribution in [1.29, 1.82) is 0 Å². The molecule has 120 valence electrons. The highest BCUT2D eigenvalue weighted by molar-refractivity contribution is 6.33.